The van der Waals surface area contributed by atoms with Crippen molar-refractivity contribution in [1.82, 2.24) is 24.4 Å². The lowest BCUT2D eigenvalue weighted by Crippen LogP contribution is -2.63. The molecule has 2 aliphatic heterocycles. The summed E-state index contributed by atoms with van der Waals surface area (Å²) in [5.41, 5.74) is 2.98. The van der Waals surface area contributed by atoms with Crippen LogP contribution >= 0.6 is 0 Å². The first kappa shape index (κ1) is 14.9. The van der Waals surface area contributed by atoms with Gasteiger partial charge in [-0.3, -0.25) is 4.90 Å². The van der Waals surface area contributed by atoms with E-state index in [1.54, 1.807) is 0 Å². The fraction of sp³-hybridized carbons (Fsp3) is 0.500. The largest absolute Gasteiger partial charge is 0.377 e. The summed E-state index contributed by atoms with van der Waals surface area (Å²) in [6.07, 6.45) is 8.41. The van der Waals surface area contributed by atoms with E-state index in [9.17, 15) is 0 Å². The van der Waals surface area contributed by atoms with Gasteiger partial charge in [0.25, 0.3) is 0 Å². The number of ether oxygens (including phenoxy) is 1. The molecule has 5 rings (SSSR count). The van der Waals surface area contributed by atoms with Gasteiger partial charge in [-0.1, -0.05) is 0 Å². The molecule has 2 saturated heterocycles. The van der Waals surface area contributed by atoms with Gasteiger partial charge in [-0.25, -0.2) is 9.97 Å². The zero-order valence-electron chi connectivity index (χ0n) is 14.0. The minimum atomic E-state index is -0.0471. The molecule has 0 aliphatic carbocycles. The van der Waals surface area contributed by atoms with Crippen LogP contribution in [-0.4, -0.2) is 56.3 Å². The maximum atomic E-state index is 9.14. The zero-order chi connectivity index (χ0) is 16.9. The van der Waals surface area contributed by atoms with E-state index in [0.29, 0.717) is 25.7 Å². The Morgan fingerprint density at radius 1 is 1.32 bits per heavy atom. The Balaban J connectivity index is 1.42. The average Bonchev–Trinajstić information content (AvgIpc) is 3.24. The number of likely N-dealkylation sites (tertiary alicyclic amines) is 1. The van der Waals surface area contributed by atoms with Crippen LogP contribution in [0.15, 0.2) is 24.8 Å². The van der Waals surface area contributed by atoms with E-state index >= 15 is 0 Å². The van der Waals surface area contributed by atoms with Crippen LogP contribution in [-0.2, 0) is 4.74 Å². The standard InChI is InChI=1S/C18H20N6O/c19-5-4-18(10-25-11-18)23-7-2-13(3-8-23)24-12-22-15-9-21-17-14(16(15)24)1-6-20-17/h1,6,9,12-13H,2-4,7-8,10-11H2,(H,20,21). The molecule has 5 heterocycles. The Kier molecular flexibility index (Phi) is 3.30. The van der Waals surface area contributed by atoms with Crippen LogP contribution in [0.4, 0.5) is 0 Å². The topological polar surface area (TPSA) is 82.8 Å². The molecule has 2 fully saturated rings. The van der Waals surface area contributed by atoms with Gasteiger partial charge in [0.2, 0.25) is 0 Å². The third-order valence-electron chi connectivity index (χ3n) is 5.80. The minimum absolute atomic E-state index is 0.0471. The fourth-order valence-electron chi connectivity index (χ4n) is 4.31. The Hall–Kier alpha value is -2.43. The van der Waals surface area contributed by atoms with Gasteiger partial charge in [0.1, 0.15) is 11.2 Å². The first-order valence-electron chi connectivity index (χ1n) is 8.79. The first-order valence-corrected chi connectivity index (χ1v) is 8.79. The van der Waals surface area contributed by atoms with Crippen molar-refractivity contribution in [3.8, 4) is 6.07 Å². The van der Waals surface area contributed by atoms with Crippen LogP contribution < -0.4 is 0 Å². The molecule has 3 aromatic heterocycles. The van der Waals surface area contributed by atoms with E-state index in [1.165, 1.54) is 5.52 Å². The van der Waals surface area contributed by atoms with Crippen molar-refractivity contribution in [1.29, 1.82) is 5.26 Å². The quantitative estimate of drug-likeness (QED) is 0.793. The van der Waals surface area contributed by atoms with Crippen LogP contribution in [0.5, 0.6) is 0 Å². The molecule has 7 nitrogen and oxygen atoms in total. The summed E-state index contributed by atoms with van der Waals surface area (Å²) in [5.74, 6) is 0. The normalized spacial score (nSPS) is 21.4. The Morgan fingerprint density at radius 3 is 2.88 bits per heavy atom. The van der Waals surface area contributed by atoms with Crippen molar-refractivity contribution in [3.05, 3.63) is 24.8 Å². The Morgan fingerprint density at radius 2 is 2.16 bits per heavy atom. The summed E-state index contributed by atoms with van der Waals surface area (Å²) >= 11 is 0. The maximum Gasteiger partial charge on any atom is 0.139 e. The zero-order valence-corrected chi connectivity index (χ0v) is 14.0. The summed E-state index contributed by atoms with van der Waals surface area (Å²) in [4.78, 5) is 14.6. The number of nitrogens with zero attached hydrogens (tertiary/aromatic N) is 5. The molecule has 3 aromatic rings. The van der Waals surface area contributed by atoms with Crippen LogP contribution in [0, 0.1) is 11.3 Å². The summed E-state index contributed by atoms with van der Waals surface area (Å²) < 4.78 is 7.74. The number of aromatic nitrogens is 4. The number of nitriles is 1. The molecule has 0 aromatic carbocycles. The van der Waals surface area contributed by atoms with Gasteiger partial charge in [0, 0.05) is 30.7 Å². The van der Waals surface area contributed by atoms with Gasteiger partial charge in [-0.05, 0) is 18.9 Å². The van der Waals surface area contributed by atoms with E-state index in [2.05, 4.69) is 36.6 Å². The van der Waals surface area contributed by atoms with Gasteiger partial charge in [-0.2, -0.15) is 5.26 Å². The molecule has 0 saturated carbocycles. The van der Waals surface area contributed by atoms with E-state index in [0.717, 1.165) is 42.5 Å². The highest BCUT2D eigenvalue weighted by molar-refractivity contribution is 6.00. The second-order valence-electron chi connectivity index (χ2n) is 7.15. The molecule has 0 atom stereocenters. The Labute approximate surface area is 145 Å². The summed E-state index contributed by atoms with van der Waals surface area (Å²) in [5, 5.41) is 10.3. The van der Waals surface area contributed by atoms with Crippen molar-refractivity contribution >= 4 is 22.1 Å². The number of H-pyrrole nitrogens is 1. The molecule has 0 unspecified atom stereocenters. The van der Waals surface area contributed by atoms with E-state index in [1.807, 2.05) is 18.7 Å². The van der Waals surface area contributed by atoms with Crippen molar-refractivity contribution in [2.45, 2.75) is 30.8 Å². The number of imidazole rings is 1. The molecule has 1 N–H and O–H groups in total. The second kappa shape index (κ2) is 5.55. The first-order chi connectivity index (χ1) is 12.3. The van der Waals surface area contributed by atoms with Gasteiger partial charge < -0.3 is 14.3 Å². The van der Waals surface area contributed by atoms with E-state index < -0.39 is 0 Å². The van der Waals surface area contributed by atoms with Gasteiger partial charge >= 0.3 is 0 Å². The fourth-order valence-corrected chi connectivity index (χ4v) is 4.31. The third-order valence-corrected chi connectivity index (χ3v) is 5.80. The molecule has 25 heavy (non-hydrogen) atoms. The summed E-state index contributed by atoms with van der Waals surface area (Å²) in [6.45, 7) is 3.37. The minimum Gasteiger partial charge on any atom is -0.377 e. The molecular formula is C18H20N6O. The molecule has 7 heteroatoms. The van der Waals surface area contributed by atoms with Gasteiger partial charge in [0.05, 0.1) is 49.3 Å². The number of fused-ring (bicyclic) bond motifs is 3. The average molecular weight is 336 g/mol. The molecular weight excluding hydrogens is 316 g/mol. The number of hydrogen-bond acceptors (Lipinski definition) is 5. The summed E-state index contributed by atoms with van der Waals surface area (Å²) in [6, 6.07) is 4.85. The van der Waals surface area contributed by atoms with Crippen molar-refractivity contribution < 1.29 is 4.74 Å². The SMILES string of the molecule is N#CCC1(N2CCC(n3cnc4cnc5[nH]ccc5c43)CC2)COC1. The number of piperidine rings is 1. The van der Waals surface area contributed by atoms with Crippen LogP contribution in [0.25, 0.3) is 22.1 Å². The van der Waals surface area contributed by atoms with E-state index in [4.69, 9.17) is 10.00 Å². The van der Waals surface area contributed by atoms with Crippen molar-refractivity contribution in [2.24, 2.45) is 0 Å². The molecule has 128 valence electrons. The molecule has 0 spiro atoms. The monoisotopic (exact) mass is 336 g/mol. The highest BCUT2D eigenvalue weighted by Crippen LogP contribution is 2.35. The molecule has 0 amide bonds. The number of nitrogens with one attached hydrogen (secondary N) is 1. The Bertz CT molecular complexity index is 955. The number of pyridine rings is 1. The molecule has 2 aliphatic rings. The second-order valence-corrected chi connectivity index (χ2v) is 7.15. The molecule has 0 bridgehead atoms. The summed E-state index contributed by atoms with van der Waals surface area (Å²) in [7, 11) is 0. The van der Waals surface area contributed by atoms with Crippen molar-refractivity contribution in [2.75, 3.05) is 26.3 Å². The number of aromatic amines is 1. The lowest BCUT2D eigenvalue weighted by molar-refractivity contribution is -0.145. The third kappa shape index (κ3) is 2.18. The lowest BCUT2D eigenvalue weighted by Gasteiger charge is -2.51. The van der Waals surface area contributed by atoms with Crippen LogP contribution in [0.2, 0.25) is 0 Å². The van der Waals surface area contributed by atoms with Crippen LogP contribution in [0.1, 0.15) is 25.3 Å². The lowest BCUT2D eigenvalue weighted by atomic mass is 9.88. The van der Waals surface area contributed by atoms with Crippen LogP contribution in [0.3, 0.4) is 0 Å². The predicted octanol–water partition coefficient (Wildman–Crippen LogP) is 2.23. The highest BCUT2D eigenvalue weighted by atomic mass is 16.5. The predicted molar refractivity (Wildman–Crippen MR) is 93.0 cm³/mol. The van der Waals surface area contributed by atoms with Crippen molar-refractivity contribution in [3.63, 3.8) is 0 Å². The highest BCUT2D eigenvalue weighted by Gasteiger charge is 2.45. The van der Waals surface area contributed by atoms with Gasteiger partial charge in [-0.15, -0.1) is 0 Å². The smallest absolute Gasteiger partial charge is 0.139 e. The number of rotatable bonds is 3. The van der Waals surface area contributed by atoms with E-state index in [-0.39, 0.29) is 5.54 Å². The molecule has 0 radical (unpaired) electrons. The maximum absolute atomic E-state index is 9.14. The van der Waals surface area contributed by atoms with Gasteiger partial charge in [0.15, 0.2) is 0 Å². The number of hydrogen-bond donors (Lipinski definition) is 1.